The van der Waals surface area contributed by atoms with Gasteiger partial charge in [0.25, 0.3) is 0 Å². The molecule has 0 spiro atoms. The molecule has 0 aliphatic heterocycles. The van der Waals surface area contributed by atoms with Crippen LogP contribution in [0.3, 0.4) is 0 Å². The molecule has 3 nitrogen and oxygen atoms in total. The first-order valence-electron chi connectivity index (χ1n) is 3.19. The van der Waals surface area contributed by atoms with Gasteiger partial charge >= 0.3 is 17.7 Å². The Labute approximate surface area is 67.1 Å². The molecule has 0 amide bonds. The van der Waals surface area contributed by atoms with E-state index in [1.54, 1.807) is 0 Å². The van der Waals surface area contributed by atoms with Crippen molar-refractivity contribution in [2.24, 2.45) is 0 Å². The molecule has 0 rings (SSSR count). The van der Waals surface area contributed by atoms with Crippen molar-refractivity contribution in [3.8, 4) is 0 Å². The lowest BCUT2D eigenvalue weighted by atomic mass is 10.2. The molecule has 0 aromatic heterocycles. The number of carbonyl (C=O) groups excluding carboxylic acids is 1. The fraction of sp³-hybridized carbons (Fsp3) is 0.833. The zero-order valence-electron chi connectivity index (χ0n) is 6.60. The van der Waals surface area contributed by atoms with Crippen LogP contribution < -0.4 is 0 Å². The summed E-state index contributed by atoms with van der Waals surface area (Å²) in [4.78, 5) is 10.4. The van der Waals surface area contributed by atoms with Gasteiger partial charge in [0, 0.05) is 6.92 Å². The van der Waals surface area contributed by atoms with Gasteiger partial charge in [0.1, 0.15) is 0 Å². The number of esters is 1. The summed E-state index contributed by atoms with van der Waals surface area (Å²) in [6.07, 6.45) is 0. The van der Waals surface area contributed by atoms with Crippen LogP contribution in [0, 0.1) is 0 Å². The third kappa shape index (κ3) is 2.10. The fourth-order valence-corrected chi connectivity index (χ4v) is 0.406. The maximum Gasteiger partial charge on any atom is 0.378 e. The lowest BCUT2D eigenvalue weighted by molar-refractivity contribution is -0.251. The zero-order chi connectivity index (χ0) is 9.99. The summed E-state index contributed by atoms with van der Waals surface area (Å²) in [7, 11) is 0. The van der Waals surface area contributed by atoms with Crippen LogP contribution in [0.2, 0.25) is 0 Å². The van der Waals surface area contributed by atoms with Gasteiger partial charge in [-0.25, -0.2) is 4.79 Å². The van der Waals surface area contributed by atoms with Gasteiger partial charge in [0.05, 0.1) is 6.61 Å². The SMILES string of the molecule is CCOC(=O)C(O)(F)C(C)(F)F. The number of halogens is 3. The number of hydrogen-bond acceptors (Lipinski definition) is 3. The van der Waals surface area contributed by atoms with Crippen LogP contribution in [0.1, 0.15) is 13.8 Å². The van der Waals surface area contributed by atoms with Gasteiger partial charge in [0.2, 0.25) is 0 Å². The Morgan fingerprint density at radius 2 is 1.92 bits per heavy atom. The molecule has 0 aliphatic rings. The van der Waals surface area contributed by atoms with E-state index in [9.17, 15) is 18.0 Å². The van der Waals surface area contributed by atoms with Gasteiger partial charge in [-0.05, 0) is 6.92 Å². The first-order chi connectivity index (χ1) is 5.23. The topological polar surface area (TPSA) is 46.5 Å². The molecule has 72 valence electrons. The van der Waals surface area contributed by atoms with Crippen LogP contribution in [0.15, 0.2) is 0 Å². The van der Waals surface area contributed by atoms with E-state index < -0.39 is 17.7 Å². The van der Waals surface area contributed by atoms with Crippen molar-refractivity contribution >= 4 is 5.97 Å². The molecule has 0 bridgehead atoms. The molecule has 1 atom stereocenters. The average Bonchev–Trinajstić information content (AvgIpc) is 1.85. The summed E-state index contributed by atoms with van der Waals surface area (Å²) >= 11 is 0. The monoisotopic (exact) mass is 186 g/mol. The summed E-state index contributed by atoms with van der Waals surface area (Å²) in [5.74, 6) is -10.4. The average molecular weight is 186 g/mol. The standard InChI is InChI=1S/C6H9F3O3/c1-3-12-4(10)6(9,11)5(2,7)8/h11H,3H2,1-2H3. The second kappa shape index (κ2) is 3.30. The Kier molecular flexibility index (Phi) is 3.09. The van der Waals surface area contributed by atoms with E-state index in [1.165, 1.54) is 6.92 Å². The third-order valence-corrected chi connectivity index (χ3v) is 1.13. The van der Waals surface area contributed by atoms with Crippen LogP contribution in [-0.2, 0) is 9.53 Å². The number of ether oxygens (including phenoxy) is 1. The van der Waals surface area contributed by atoms with Crippen molar-refractivity contribution in [3.05, 3.63) is 0 Å². The van der Waals surface area contributed by atoms with Crippen LogP contribution >= 0.6 is 0 Å². The largest absolute Gasteiger partial charge is 0.462 e. The maximum atomic E-state index is 12.5. The van der Waals surface area contributed by atoms with Gasteiger partial charge in [-0.15, -0.1) is 0 Å². The van der Waals surface area contributed by atoms with Crippen LogP contribution in [-0.4, -0.2) is 29.5 Å². The number of alkyl halides is 3. The van der Waals surface area contributed by atoms with Crippen molar-refractivity contribution in [1.29, 1.82) is 0 Å². The Morgan fingerprint density at radius 1 is 1.50 bits per heavy atom. The van der Waals surface area contributed by atoms with Crippen LogP contribution in [0.5, 0.6) is 0 Å². The van der Waals surface area contributed by atoms with Crippen molar-refractivity contribution in [2.75, 3.05) is 6.61 Å². The maximum absolute atomic E-state index is 12.5. The first-order valence-corrected chi connectivity index (χ1v) is 3.19. The molecule has 0 saturated carbocycles. The summed E-state index contributed by atoms with van der Waals surface area (Å²) in [5, 5.41) is 8.36. The third-order valence-electron chi connectivity index (χ3n) is 1.13. The predicted octanol–water partition coefficient (Wildman–Crippen LogP) is 0.863. The van der Waals surface area contributed by atoms with Gasteiger partial charge in [-0.3, -0.25) is 0 Å². The highest BCUT2D eigenvalue weighted by Gasteiger charge is 2.57. The fourth-order valence-electron chi connectivity index (χ4n) is 0.406. The molecule has 0 saturated heterocycles. The predicted molar refractivity (Wildman–Crippen MR) is 33.3 cm³/mol. The Morgan fingerprint density at radius 3 is 2.17 bits per heavy atom. The molecular weight excluding hydrogens is 177 g/mol. The summed E-state index contributed by atoms with van der Waals surface area (Å²) in [6, 6.07) is 0. The molecule has 1 N–H and O–H groups in total. The first kappa shape index (κ1) is 11.2. The second-order valence-electron chi connectivity index (χ2n) is 2.23. The van der Waals surface area contributed by atoms with Crippen LogP contribution in [0.4, 0.5) is 13.2 Å². The van der Waals surface area contributed by atoms with Gasteiger partial charge < -0.3 is 9.84 Å². The Hall–Kier alpha value is -0.780. The highest BCUT2D eigenvalue weighted by Crippen LogP contribution is 2.30. The molecule has 0 radical (unpaired) electrons. The van der Waals surface area contributed by atoms with Gasteiger partial charge in [-0.2, -0.15) is 13.2 Å². The number of aliphatic hydroxyl groups is 1. The summed E-state index contributed by atoms with van der Waals surface area (Å²) < 4.78 is 40.7. The van der Waals surface area contributed by atoms with E-state index in [1.807, 2.05) is 0 Å². The summed E-state index contributed by atoms with van der Waals surface area (Å²) in [6.45, 7) is 1.12. The second-order valence-corrected chi connectivity index (χ2v) is 2.23. The van der Waals surface area contributed by atoms with Crippen LogP contribution in [0.25, 0.3) is 0 Å². The summed E-state index contributed by atoms with van der Waals surface area (Å²) in [5.41, 5.74) is 0. The van der Waals surface area contributed by atoms with E-state index in [0.29, 0.717) is 0 Å². The van der Waals surface area contributed by atoms with E-state index in [0.717, 1.165) is 0 Å². The highest BCUT2D eigenvalue weighted by atomic mass is 19.3. The van der Waals surface area contributed by atoms with Gasteiger partial charge in [-0.1, -0.05) is 0 Å². The van der Waals surface area contributed by atoms with Crippen molar-refractivity contribution in [2.45, 2.75) is 25.6 Å². The molecule has 0 aromatic rings. The normalized spacial score (nSPS) is 16.8. The minimum atomic E-state index is -4.25. The molecule has 12 heavy (non-hydrogen) atoms. The molecular formula is C6H9F3O3. The lowest BCUT2D eigenvalue weighted by Crippen LogP contribution is -2.49. The molecule has 0 aliphatic carbocycles. The van der Waals surface area contributed by atoms with E-state index in [4.69, 9.17) is 5.11 Å². The lowest BCUT2D eigenvalue weighted by Gasteiger charge is -2.22. The van der Waals surface area contributed by atoms with E-state index >= 15 is 0 Å². The van der Waals surface area contributed by atoms with E-state index in [-0.39, 0.29) is 13.5 Å². The number of carbonyl (C=O) groups is 1. The zero-order valence-corrected chi connectivity index (χ0v) is 6.60. The minimum absolute atomic E-state index is 0.0872. The molecule has 0 fully saturated rings. The number of hydrogen-bond donors (Lipinski definition) is 1. The minimum Gasteiger partial charge on any atom is -0.462 e. The highest BCUT2D eigenvalue weighted by molar-refractivity contribution is 5.78. The molecule has 1 unspecified atom stereocenters. The van der Waals surface area contributed by atoms with Crippen molar-refractivity contribution in [1.82, 2.24) is 0 Å². The Balaban J connectivity index is 4.50. The van der Waals surface area contributed by atoms with Crippen molar-refractivity contribution in [3.63, 3.8) is 0 Å². The molecule has 0 heterocycles. The van der Waals surface area contributed by atoms with Gasteiger partial charge in [0.15, 0.2) is 0 Å². The Bertz CT molecular complexity index is 173. The van der Waals surface area contributed by atoms with Crippen molar-refractivity contribution < 1.29 is 27.8 Å². The molecule has 6 heteroatoms. The smallest absolute Gasteiger partial charge is 0.378 e. The number of rotatable bonds is 3. The quantitative estimate of drug-likeness (QED) is 0.665. The molecule has 0 aromatic carbocycles. The van der Waals surface area contributed by atoms with E-state index in [2.05, 4.69) is 4.74 Å².